The highest BCUT2D eigenvalue weighted by molar-refractivity contribution is 5.88. The van der Waals surface area contributed by atoms with Crippen molar-refractivity contribution in [3.8, 4) is 0 Å². The molecule has 0 saturated carbocycles. The standard InChI is InChI=1S/C33H39N3O7/c37-29(38)23-43-31(33(40)41)30(42-20-8-2-4-10-25-15-18-36-19-17-34-28(36)22-25)32(39)35-16-7-1-3-9-24-13-14-26-11-5-6-12-27(26)21-24/h5-6,11-15,17-19,21-22,30-31H,1-4,7-10,16,20,23H2,(H,35,39)(H,37,38)(H,40,41). The van der Waals surface area contributed by atoms with E-state index >= 15 is 0 Å². The first-order valence-electron chi connectivity index (χ1n) is 14.8. The lowest BCUT2D eigenvalue weighted by Gasteiger charge is -2.23. The first-order valence-corrected chi connectivity index (χ1v) is 14.8. The minimum Gasteiger partial charge on any atom is -0.480 e. The van der Waals surface area contributed by atoms with Gasteiger partial charge in [0.25, 0.3) is 5.91 Å². The summed E-state index contributed by atoms with van der Waals surface area (Å²) in [6.07, 6.45) is 9.03. The first kappa shape index (κ1) is 31.7. The molecule has 0 bridgehead atoms. The fourth-order valence-corrected chi connectivity index (χ4v) is 5.01. The monoisotopic (exact) mass is 589 g/mol. The topological polar surface area (TPSA) is 139 Å². The molecule has 4 aromatic rings. The second kappa shape index (κ2) is 16.4. The number of aliphatic carboxylic acids is 2. The minimum absolute atomic E-state index is 0.142. The van der Waals surface area contributed by atoms with Gasteiger partial charge in [0.05, 0.1) is 0 Å². The average molecular weight is 590 g/mol. The SMILES string of the molecule is O=C(O)COC(C(=O)O)C(OCCCCCc1ccn2ccnc2c1)C(=O)NCCCCCc1ccc2ccccc2c1. The van der Waals surface area contributed by atoms with E-state index in [0.717, 1.165) is 44.2 Å². The van der Waals surface area contributed by atoms with E-state index in [9.17, 15) is 19.5 Å². The van der Waals surface area contributed by atoms with Crippen LogP contribution in [0.4, 0.5) is 0 Å². The Bertz CT molecular complexity index is 1500. The molecule has 2 heterocycles. The van der Waals surface area contributed by atoms with E-state index in [1.807, 2.05) is 41.1 Å². The average Bonchev–Trinajstić information content (AvgIpc) is 3.47. The molecule has 228 valence electrons. The predicted octanol–water partition coefficient (Wildman–Crippen LogP) is 4.67. The van der Waals surface area contributed by atoms with Crippen LogP contribution in [0.2, 0.25) is 0 Å². The van der Waals surface area contributed by atoms with Crippen molar-refractivity contribution < 1.29 is 34.1 Å². The largest absolute Gasteiger partial charge is 0.480 e. The summed E-state index contributed by atoms with van der Waals surface area (Å²) in [6, 6.07) is 18.8. The van der Waals surface area contributed by atoms with Crippen LogP contribution in [0.25, 0.3) is 16.4 Å². The van der Waals surface area contributed by atoms with Gasteiger partial charge in [0, 0.05) is 31.7 Å². The van der Waals surface area contributed by atoms with E-state index in [4.69, 9.17) is 14.6 Å². The molecule has 0 spiro atoms. The number of rotatable bonds is 19. The number of aromatic nitrogens is 2. The molecule has 0 aliphatic rings. The Kier molecular flexibility index (Phi) is 12.1. The third kappa shape index (κ3) is 9.90. The second-order valence-corrected chi connectivity index (χ2v) is 10.6. The zero-order valence-corrected chi connectivity index (χ0v) is 24.2. The number of carboxylic acids is 2. The number of unbranched alkanes of at least 4 members (excludes halogenated alkanes) is 4. The highest BCUT2D eigenvalue weighted by Gasteiger charge is 2.36. The lowest BCUT2D eigenvalue weighted by atomic mass is 10.0. The normalized spacial score (nSPS) is 12.7. The molecule has 2 aromatic heterocycles. The van der Waals surface area contributed by atoms with Crippen LogP contribution in [0.3, 0.4) is 0 Å². The van der Waals surface area contributed by atoms with Gasteiger partial charge in [-0.15, -0.1) is 0 Å². The van der Waals surface area contributed by atoms with E-state index in [0.29, 0.717) is 19.4 Å². The minimum atomic E-state index is -1.73. The summed E-state index contributed by atoms with van der Waals surface area (Å²) in [4.78, 5) is 40.1. The van der Waals surface area contributed by atoms with Gasteiger partial charge in [-0.25, -0.2) is 14.6 Å². The molecule has 3 N–H and O–H groups in total. The molecular formula is C33H39N3O7. The molecule has 10 heteroatoms. The highest BCUT2D eigenvalue weighted by atomic mass is 16.6. The fourth-order valence-electron chi connectivity index (χ4n) is 5.01. The number of nitrogens with one attached hydrogen (secondary N) is 1. The van der Waals surface area contributed by atoms with E-state index in [2.05, 4.69) is 40.6 Å². The number of ether oxygens (including phenoxy) is 2. The molecule has 0 radical (unpaired) electrons. The number of hydrogen-bond acceptors (Lipinski definition) is 6. The van der Waals surface area contributed by atoms with Gasteiger partial charge in [-0.3, -0.25) is 4.79 Å². The molecule has 43 heavy (non-hydrogen) atoms. The summed E-state index contributed by atoms with van der Waals surface area (Å²) in [5, 5.41) is 23.8. The number of pyridine rings is 1. The van der Waals surface area contributed by atoms with Crippen molar-refractivity contribution in [2.45, 2.75) is 63.6 Å². The maximum atomic E-state index is 13.0. The number of fused-ring (bicyclic) bond motifs is 2. The van der Waals surface area contributed by atoms with Crippen molar-refractivity contribution in [3.05, 3.63) is 84.3 Å². The van der Waals surface area contributed by atoms with Crippen molar-refractivity contribution in [1.82, 2.24) is 14.7 Å². The van der Waals surface area contributed by atoms with Crippen LogP contribution in [-0.2, 0) is 36.7 Å². The molecule has 2 aromatic carbocycles. The van der Waals surface area contributed by atoms with E-state index in [-0.39, 0.29) is 6.61 Å². The third-order valence-electron chi connectivity index (χ3n) is 7.29. The Morgan fingerprint density at radius 2 is 1.53 bits per heavy atom. The zero-order chi connectivity index (χ0) is 30.4. The molecular weight excluding hydrogens is 550 g/mol. The molecule has 1 amide bonds. The number of carbonyl (C=O) groups excluding carboxylic acids is 1. The van der Waals surface area contributed by atoms with Crippen molar-refractivity contribution in [2.24, 2.45) is 0 Å². The van der Waals surface area contributed by atoms with Crippen molar-refractivity contribution in [3.63, 3.8) is 0 Å². The van der Waals surface area contributed by atoms with Crippen molar-refractivity contribution >= 4 is 34.3 Å². The van der Waals surface area contributed by atoms with Gasteiger partial charge in [0.2, 0.25) is 0 Å². The molecule has 0 aliphatic carbocycles. The molecule has 0 saturated heterocycles. The third-order valence-corrected chi connectivity index (χ3v) is 7.29. The Hall–Kier alpha value is -4.28. The fraction of sp³-hybridized carbons (Fsp3) is 0.394. The van der Waals surface area contributed by atoms with Crippen LogP contribution < -0.4 is 5.32 Å². The Balaban J connectivity index is 1.20. The summed E-state index contributed by atoms with van der Waals surface area (Å²) >= 11 is 0. The van der Waals surface area contributed by atoms with E-state index in [1.54, 1.807) is 6.20 Å². The Morgan fingerprint density at radius 1 is 0.791 bits per heavy atom. The van der Waals surface area contributed by atoms with Crippen LogP contribution in [-0.4, -0.2) is 69.4 Å². The summed E-state index contributed by atoms with van der Waals surface area (Å²) < 4.78 is 12.7. The summed E-state index contributed by atoms with van der Waals surface area (Å²) in [5.41, 5.74) is 3.32. The number of carboxylic acid groups (broad SMARTS) is 2. The van der Waals surface area contributed by atoms with Crippen LogP contribution in [0, 0.1) is 0 Å². The quantitative estimate of drug-likeness (QED) is 0.134. The zero-order valence-electron chi connectivity index (χ0n) is 24.2. The maximum absolute atomic E-state index is 13.0. The lowest BCUT2D eigenvalue weighted by molar-refractivity contribution is -0.172. The molecule has 10 nitrogen and oxygen atoms in total. The highest BCUT2D eigenvalue weighted by Crippen LogP contribution is 2.17. The van der Waals surface area contributed by atoms with Gasteiger partial charge in [-0.2, -0.15) is 0 Å². The predicted molar refractivity (Wildman–Crippen MR) is 162 cm³/mol. The molecule has 0 aliphatic heterocycles. The number of amides is 1. The van der Waals surface area contributed by atoms with E-state index < -0.39 is 36.7 Å². The molecule has 0 fully saturated rings. The van der Waals surface area contributed by atoms with Gasteiger partial charge in [-0.05, 0) is 72.6 Å². The second-order valence-electron chi connectivity index (χ2n) is 10.6. The lowest BCUT2D eigenvalue weighted by Crippen LogP contribution is -2.49. The van der Waals surface area contributed by atoms with Crippen LogP contribution in [0.15, 0.2) is 73.2 Å². The van der Waals surface area contributed by atoms with Gasteiger partial charge in [0.1, 0.15) is 12.3 Å². The van der Waals surface area contributed by atoms with Crippen LogP contribution in [0.1, 0.15) is 49.7 Å². The summed E-state index contributed by atoms with van der Waals surface area (Å²) in [5.74, 6) is -3.41. The number of nitrogens with zero attached hydrogens (tertiary/aromatic N) is 2. The van der Waals surface area contributed by atoms with Gasteiger partial charge in [0.15, 0.2) is 12.2 Å². The number of hydrogen-bond donors (Lipinski definition) is 3. The Morgan fingerprint density at radius 3 is 2.30 bits per heavy atom. The summed E-state index contributed by atoms with van der Waals surface area (Å²) in [7, 11) is 0. The van der Waals surface area contributed by atoms with Crippen molar-refractivity contribution in [2.75, 3.05) is 19.8 Å². The van der Waals surface area contributed by atoms with Gasteiger partial charge < -0.3 is 29.4 Å². The number of benzene rings is 2. The number of carbonyl (C=O) groups is 3. The van der Waals surface area contributed by atoms with Crippen molar-refractivity contribution in [1.29, 1.82) is 0 Å². The van der Waals surface area contributed by atoms with Crippen LogP contribution in [0.5, 0.6) is 0 Å². The Labute approximate surface area is 250 Å². The molecule has 2 unspecified atom stereocenters. The molecule has 2 atom stereocenters. The van der Waals surface area contributed by atoms with Crippen LogP contribution >= 0.6 is 0 Å². The van der Waals surface area contributed by atoms with Gasteiger partial charge in [-0.1, -0.05) is 55.3 Å². The maximum Gasteiger partial charge on any atom is 0.336 e. The smallest absolute Gasteiger partial charge is 0.336 e. The molecule has 4 rings (SSSR count). The number of aryl methyl sites for hydroxylation is 2. The number of imidazole rings is 1. The first-order chi connectivity index (χ1) is 20.9. The van der Waals surface area contributed by atoms with Gasteiger partial charge >= 0.3 is 11.9 Å². The summed E-state index contributed by atoms with van der Waals surface area (Å²) in [6.45, 7) is -0.356. The van der Waals surface area contributed by atoms with E-state index in [1.165, 1.54) is 21.9 Å².